The molecule has 0 saturated heterocycles. The minimum Gasteiger partial charge on any atom is -0.456 e. The Morgan fingerprint density at radius 1 is 0.889 bits per heavy atom. The van der Waals surface area contributed by atoms with E-state index in [2.05, 4.69) is 22.0 Å². The van der Waals surface area contributed by atoms with Crippen LogP contribution in [0.4, 0.5) is 0 Å². The van der Waals surface area contributed by atoms with E-state index in [1.54, 1.807) is 48.5 Å². The number of carbonyl (C=O) groups is 2. The molecule has 0 unspecified atom stereocenters. The Morgan fingerprint density at radius 3 is 2.11 bits per heavy atom. The molecule has 1 heterocycles. The van der Waals surface area contributed by atoms with Crippen LogP contribution in [0.15, 0.2) is 66.9 Å². The smallest absolute Gasteiger partial charge is 0.339 e. The van der Waals surface area contributed by atoms with Crippen molar-refractivity contribution in [1.29, 1.82) is 0 Å². The summed E-state index contributed by atoms with van der Waals surface area (Å²) < 4.78 is 10.3. The molecule has 134 valence electrons. The van der Waals surface area contributed by atoms with E-state index in [1.807, 2.05) is 12.1 Å². The summed E-state index contributed by atoms with van der Waals surface area (Å²) in [7, 11) is 0. The minimum atomic E-state index is -0.436. The van der Waals surface area contributed by atoms with Crippen LogP contribution >= 0.6 is 0 Å². The van der Waals surface area contributed by atoms with E-state index >= 15 is 0 Å². The van der Waals surface area contributed by atoms with Crippen molar-refractivity contribution >= 4 is 11.9 Å². The summed E-state index contributed by atoms with van der Waals surface area (Å²) in [6.07, 6.45) is 1.53. The van der Waals surface area contributed by atoms with Gasteiger partial charge in [0.05, 0.1) is 28.6 Å². The lowest BCUT2D eigenvalue weighted by atomic mass is 10.2. The van der Waals surface area contributed by atoms with Crippen LogP contribution in [-0.4, -0.2) is 28.7 Å². The summed E-state index contributed by atoms with van der Waals surface area (Å²) >= 11 is 0. The fourth-order valence-electron chi connectivity index (χ4n) is 2.22. The molecular formula is C21H16N2O4. The molecule has 0 spiro atoms. The van der Waals surface area contributed by atoms with E-state index < -0.39 is 11.9 Å². The van der Waals surface area contributed by atoms with Crippen LogP contribution in [0.3, 0.4) is 0 Å². The number of H-pyrrole nitrogens is 1. The van der Waals surface area contributed by atoms with Crippen molar-refractivity contribution in [2.75, 3.05) is 6.61 Å². The average molecular weight is 360 g/mol. The van der Waals surface area contributed by atoms with Crippen LogP contribution in [-0.2, 0) is 16.1 Å². The highest BCUT2D eigenvalue weighted by atomic mass is 16.5. The molecule has 0 radical (unpaired) electrons. The van der Waals surface area contributed by atoms with Gasteiger partial charge in [-0.3, -0.25) is 5.10 Å². The number of benzene rings is 2. The van der Waals surface area contributed by atoms with E-state index in [4.69, 9.17) is 9.47 Å². The van der Waals surface area contributed by atoms with Crippen LogP contribution in [0.1, 0.15) is 32.0 Å². The summed E-state index contributed by atoms with van der Waals surface area (Å²) in [4.78, 5) is 23.8. The van der Waals surface area contributed by atoms with E-state index in [-0.39, 0.29) is 13.2 Å². The molecule has 1 N–H and O–H groups in total. The predicted molar refractivity (Wildman–Crippen MR) is 97.8 cm³/mol. The normalized spacial score (nSPS) is 9.78. The number of nitrogens with one attached hydrogen (secondary N) is 1. The Morgan fingerprint density at radius 2 is 1.48 bits per heavy atom. The van der Waals surface area contributed by atoms with Gasteiger partial charge in [0, 0.05) is 0 Å². The maximum absolute atomic E-state index is 12.0. The zero-order valence-corrected chi connectivity index (χ0v) is 14.3. The van der Waals surface area contributed by atoms with Crippen LogP contribution in [0.5, 0.6) is 0 Å². The fraction of sp³-hybridized carbons (Fsp3) is 0.0952. The molecule has 0 atom stereocenters. The molecule has 0 aliphatic heterocycles. The lowest BCUT2D eigenvalue weighted by Gasteiger charge is -2.03. The minimum absolute atomic E-state index is 0.0154. The molecule has 0 amide bonds. The number of hydrogen-bond acceptors (Lipinski definition) is 5. The fourth-order valence-corrected chi connectivity index (χ4v) is 2.22. The van der Waals surface area contributed by atoms with Crippen LogP contribution in [0, 0.1) is 11.8 Å². The lowest BCUT2D eigenvalue weighted by Crippen LogP contribution is -2.06. The standard InChI is InChI=1S/C21H16N2O4/c24-20(16-8-3-1-4-9-16)26-13-7-12-18-14-22-23-19(18)15-27-21(25)17-10-5-2-6-11-17/h1-6,8-11,14H,13,15H2,(H,22,23). The van der Waals surface area contributed by atoms with E-state index in [9.17, 15) is 9.59 Å². The molecule has 27 heavy (non-hydrogen) atoms. The number of rotatable bonds is 5. The Bertz CT molecular complexity index is 969. The van der Waals surface area contributed by atoms with Crippen LogP contribution in [0.25, 0.3) is 0 Å². The van der Waals surface area contributed by atoms with E-state index in [0.29, 0.717) is 22.4 Å². The zero-order valence-electron chi connectivity index (χ0n) is 14.3. The number of ether oxygens (including phenoxy) is 2. The molecular weight excluding hydrogens is 344 g/mol. The van der Waals surface area contributed by atoms with Gasteiger partial charge in [0.15, 0.2) is 6.61 Å². The van der Waals surface area contributed by atoms with Gasteiger partial charge in [-0.05, 0) is 24.3 Å². The van der Waals surface area contributed by atoms with Crippen LogP contribution < -0.4 is 0 Å². The summed E-state index contributed by atoms with van der Waals surface area (Å²) in [6.45, 7) is -0.0380. The van der Waals surface area contributed by atoms with Crippen molar-refractivity contribution in [3.8, 4) is 11.8 Å². The van der Waals surface area contributed by atoms with Crippen molar-refractivity contribution in [3.63, 3.8) is 0 Å². The Labute approximate surface area is 156 Å². The third kappa shape index (κ3) is 5.06. The predicted octanol–water partition coefficient (Wildman–Crippen LogP) is 2.98. The van der Waals surface area contributed by atoms with Gasteiger partial charge in [0.25, 0.3) is 0 Å². The summed E-state index contributed by atoms with van der Waals surface area (Å²) in [5.74, 6) is 4.74. The molecule has 3 rings (SSSR count). The van der Waals surface area contributed by atoms with Crippen LogP contribution in [0.2, 0.25) is 0 Å². The molecule has 0 fully saturated rings. The molecule has 3 aromatic rings. The molecule has 0 saturated carbocycles. The van der Waals surface area contributed by atoms with Crippen molar-refractivity contribution < 1.29 is 19.1 Å². The van der Waals surface area contributed by atoms with E-state index in [1.165, 1.54) is 6.20 Å². The Hall–Kier alpha value is -3.85. The number of aromatic amines is 1. The molecule has 6 heteroatoms. The number of nitrogens with zero attached hydrogens (tertiary/aromatic N) is 1. The van der Waals surface area contributed by atoms with Crippen molar-refractivity contribution in [2.45, 2.75) is 6.61 Å². The largest absolute Gasteiger partial charge is 0.456 e. The molecule has 1 aromatic heterocycles. The molecule has 0 aliphatic carbocycles. The first-order valence-electron chi connectivity index (χ1n) is 8.19. The first-order valence-corrected chi connectivity index (χ1v) is 8.19. The maximum Gasteiger partial charge on any atom is 0.339 e. The average Bonchev–Trinajstić information content (AvgIpc) is 3.18. The van der Waals surface area contributed by atoms with Gasteiger partial charge in [-0.2, -0.15) is 5.10 Å². The maximum atomic E-state index is 12.0. The quantitative estimate of drug-likeness (QED) is 0.559. The summed E-state index contributed by atoms with van der Waals surface area (Å²) in [5.41, 5.74) is 2.08. The van der Waals surface area contributed by atoms with Gasteiger partial charge >= 0.3 is 11.9 Å². The third-order valence-corrected chi connectivity index (χ3v) is 3.58. The first kappa shape index (κ1) is 18.0. The summed E-state index contributed by atoms with van der Waals surface area (Å²) in [6, 6.07) is 17.4. The second-order valence-corrected chi connectivity index (χ2v) is 5.45. The second-order valence-electron chi connectivity index (χ2n) is 5.45. The highest BCUT2D eigenvalue weighted by Crippen LogP contribution is 2.08. The highest BCUT2D eigenvalue weighted by Gasteiger charge is 2.09. The summed E-state index contributed by atoms with van der Waals surface area (Å²) in [5, 5.41) is 6.66. The lowest BCUT2D eigenvalue weighted by molar-refractivity contribution is 0.0466. The Balaban J connectivity index is 1.52. The molecule has 0 aliphatic rings. The van der Waals surface area contributed by atoms with Gasteiger partial charge in [-0.15, -0.1) is 0 Å². The molecule has 6 nitrogen and oxygen atoms in total. The van der Waals surface area contributed by atoms with Gasteiger partial charge < -0.3 is 9.47 Å². The number of aromatic nitrogens is 2. The van der Waals surface area contributed by atoms with Crippen molar-refractivity contribution in [3.05, 3.63) is 89.2 Å². The van der Waals surface area contributed by atoms with Gasteiger partial charge in [0.2, 0.25) is 0 Å². The Kier molecular flexibility index (Phi) is 6.00. The molecule has 2 aromatic carbocycles. The van der Waals surface area contributed by atoms with Gasteiger partial charge in [-0.1, -0.05) is 48.2 Å². The third-order valence-electron chi connectivity index (χ3n) is 3.58. The number of esters is 2. The van der Waals surface area contributed by atoms with Gasteiger partial charge in [0.1, 0.15) is 6.61 Å². The topological polar surface area (TPSA) is 81.3 Å². The zero-order chi connectivity index (χ0) is 18.9. The van der Waals surface area contributed by atoms with Gasteiger partial charge in [-0.25, -0.2) is 9.59 Å². The number of carbonyl (C=O) groups excluding carboxylic acids is 2. The first-order chi connectivity index (χ1) is 13.2. The van der Waals surface area contributed by atoms with Crippen molar-refractivity contribution in [1.82, 2.24) is 10.2 Å². The molecule has 0 bridgehead atoms. The number of hydrogen-bond donors (Lipinski definition) is 1. The highest BCUT2D eigenvalue weighted by molar-refractivity contribution is 5.89. The van der Waals surface area contributed by atoms with Crippen molar-refractivity contribution in [2.24, 2.45) is 0 Å². The monoisotopic (exact) mass is 360 g/mol. The SMILES string of the molecule is O=C(OCC#Cc1cn[nH]c1COC(=O)c1ccccc1)c1ccccc1. The van der Waals surface area contributed by atoms with E-state index in [0.717, 1.165) is 0 Å². The second kappa shape index (κ2) is 9.02.